The lowest BCUT2D eigenvalue weighted by Gasteiger charge is -2.29. The molecule has 0 aliphatic heterocycles. The number of aryl methyl sites for hydroxylation is 1. The molecule has 0 bridgehead atoms. The molecule has 0 heteroatoms. The van der Waals surface area contributed by atoms with Gasteiger partial charge in [-0.05, 0) is 78.5 Å². The molecule has 2 aromatic rings. The van der Waals surface area contributed by atoms with Gasteiger partial charge in [0.15, 0.2) is 0 Å². The van der Waals surface area contributed by atoms with Crippen LogP contribution in [0.4, 0.5) is 0 Å². The molecule has 1 aliphatic carbocycles. The van der Waals surface area contributed by atoms with E-state index in [1.165, 1.54) is 93.7 Å². The van der Waals surface area contributed by atoms with Crippen molar-refractivity contribution in [2.75, 3.05) is 0 Å². The van der Waals surface area contributed by atoms with E-state index in [9.17, 15) is 0 Å². The fourth-order valence-electron chi connectivity index (χ4n) is 5.10. The van der Waals surface area contributed by atoms with Gasteiger partial charge in [-0.1, -0.05) is 108 Å². The minimum atomic E-state index is 0.782. The summed E-state index contributed by atoms with van der Waals surface area (Å²) in [6.45, 7) is 7.00. The van der Waals surface area contributed by atoms with Gasteiger partial charge in [-0.15, -0.1) is 0 Å². The average Bonchev–Trinajstić information content (AvgIpc) is 2.78. The highest BCUT2D eigenvalue weighted by Crippen LogP contribution is 2.38. The molecule has 1 saturated carbocycles. The Morgan fingerprint density at radius 2 is 1.33 bits per heavy atom. The Bertz CT molecular complexity index is 699. The van der Waals surface area contributed by atoms with E-state index in [-0.39, 0.29) is 0 Å². The maximum Gasteiger partial charge on any atom is -0.0162 e. The van der Waals surface area contributed by atoms with Gasteiger partial charge in [0.05, 0.1) is 0 Å². The van der Waals surface area contributed by atoms with Gasteiger partial charge in [0.1, 0.15) is 0 Å². The third-order valence-electron chi connectivity index (χ3n) is 7.24. The third kappa shape index (κ3) is 7.29. The number of benzene rings is 2. The van der Waals surface area contributed by atoms with E-state index >= 15 is 0 Å². The van der Waals surface area contributed by atoms with E-state index in [2.05, 4.69) is 69.3 Å². The molecule has 0 aromatic heterocycles. The van der Waals surface area contributed by atoms with Crippen LogP contribution in [0.3, 0.4) is 0 Å². The fourth-order valence-corrected chi connectivity index (χ4v) is 5.10. The van der Waals surface area contributed by atoms with Crippen molar-refractivity contribution in [3.8, 4) is 11.1 Å². The van der Waals surface area contributed by atoms with Crippen LogP contribution in [-0.2, 0) is 6.42 Å². The molecule has 30 heavy (non-hydrogen) atoms. The van der Waals surface area contributed by atoms with Gasteiger partial charge in [0, 0.05) is 0 Å². The van der Waals surface area contributed by atoms with Gasteiger partial charge >= 0.3 is 0 Å². The SMILES string of the molecule is CCCCCCCc1ccc(-c2ccc(C3CCC(CCC(C)C)CC3)cc2)cc1. The van der Waals surface area contributed by atoms with E-state index in [4.69, 9.17) is 0 Å². The molecule has 3 rings (SSSR count). The smallest absolute Gasteiger partial charge is 0.0162 e. The second-order valence-corrected chi connectivity index (χ2v) is 10.2. The molecule has 0 amide bonds. The molecule has 0 saturated heterocycles. The molecule has 1 fully saturated rings. The van der Waals surface area contributed by atoms with Gasteiger partial charge in [0.2, 0.25) is 0 Å². The normalized spacial score (nSPS) is 19.3. The van der Waals surface area contributed by atoms with Gasteiger partial charge in [-0.3, -0.25) is 0 Å². The minimum Gasteiger partial charge on any atom is -0.0654 e. The number of hydrogen-bond donors (Lipinski definition) is 0. The van der Waals surface area contributed by atoms with Crippen molar-refractivity contribution in [3.05, 3.63) is 59.7 Å². The number of hydrogen-bond acceptors (Lipinski definition) is 0. The summed E-state index contributed by atoms with van der Waals surface area (Å²) in [5.41, 5.74) is 5.76. The maximum absolute atomic E-state index is 2.40. The first-order valence-corrected chi connectivity index (χ1v) is 12.8. The Balaban J connectivity index is 1.47. The minimum absolute atomic E-state index is 0.782. The Morgan fingerprint density at radius 3 is 1.93 bits per heavy atom. The van der Waals surface area contributed by atoms with E-state index < -0.39 is 0 Å². The molecule has 0 atom stereocenters. The standard InChI is InChI=1S/C30H44/c1-4-5-6-7-8-9-25-12-16-27(17-13-25)29-20-22-30(23-21-29)28-18-14-26(15-19-28)11-10-24(2)3/h12-13,16-17,20-24,26,28H,4-11,14-15,18-19H2,1-3H3. The Hall–Kier alpha value is -1.56. The molecule has 0 radical (unpaired) electrons. The van der Waals surface area contributed by atoms with Crippen LogP contribution in [0.1, 0.15) is 108 Å². The van der Waals surface area contributed by atoms with Crippen molar-refractivity contribution < 1.29 is 0 Å². The topological polar surface area (TPSA) is 0 Å². The van der Waals surface area contributed by atoms with Crippen LogP contribution < -0.4 is 0 Å². The zero-order valence-corrected chi connectivity index (χ0v) is 19.8. The van der Waals surface area contributed by atoms with Crippen LogP contribution in [0.2, 0.25) is 0 Å². The summed E-state index contributed by atoms with van der Waals surface area (Å²) < 4.78 is 0. The summed E-state index contributed by atoms with van der Waals surface area (Å²) in [4.78, 5) is 0. The molecular formula is C30H44. The van der Waals surface area contributed by atoms with Crippen LogP contribution in [0.15, 0.2) is 48.5 Å². The summed E-state index contributed by atoms with van der Waals surface area (Å²) in [5, 5.41) is 0. The predicted molar refractivity (Wildman–Crippen MR) is 133 cm³/mol. The van der Waals surface area contributed by atoms with Crippen molar-refractivity contribution >= 4 is 0 Å². The van der Waals surface area contributed by atoms with Crippen molar-refractivity contribution in [3.63, 3.8) is 0 Å². The van der Waals surface area contributed by atoms with Crippen molar-refractivity contribution in [2.45, 2.75) is 104 Å². The van der Waals surface area contributed by atoms with E-state index in [1.54, 1.807) is 5.56 Å². The lowest BCUT2D eigenvalue weighted by Crippen LogP contribution is -2.14. The molecule has 164 valence electrons. The van der Waals surface area contributed by atoms with Crippen LogP contribution in [-0.4, -0.2) is 0 Å². The summed E-state index contributed by atoms with van der Waals surface area (Å²) in [5.74, 6) is 2.62. The Morgan fingerprint density at radius 1 is 0.733 bits per heavy atom. The summed E-state index contributed by atoms with van der Waals surface area (Å²) in [6, 6.07) is 18.8. The molecule has 0 unspecified atom stereocenters. The first-order chi connectivity index (χ1) is 14.7. The molecule has 2 aromatic carbocycles. The quantitative estimate of drug-likeness (QED) is 0.327. The lowest BCUT2D eigenvalue weighted by atomic mass is 9.76. The highest BCUT2D eigenvalue weighted by molar-refractivity contribution is 5.64. The summed E-state index contributed by atoms with van der Waals surface area (Å²) >= 11 is 0. The van der Waals surface area contributed by atoms with E-state index in [0.29, 0.717) is 0 Å². The first kappa shape index (κ1) is 23.1. The fraction of sp³-hybridized carbons (Fsp3) is 0.600. The van der Waals surface area contributed by atoms with Crippen molar-refractivity contribution in [1.29, 1.82) is 0 Å². The van der Waals surface area contributed by atoms with Crippen molar-refractivity contribution in [2.24, 2.45) is 11.8 Å². The number of rotatable bonds is 11. The zero-order chi connectivity index (χ0) is 21.2. The Labute approximate surface area is 186 Å². The van der Waals surface area contributed by atoms with Gasteiger partial charge in [0.25, 0.3) is 0 Å². The average molecular weight is 405 g/mol. The summed E-state index contributed by atoms with van der Waals surface area (Å²) in [6.07, 6.45) is 16.5. The largest absolute Gasteiger partial charge is 0.0654 e. The van der Waals surface area contributed by atoms with Gasteiger partial charge in [-0.25, -0.2) is 0 Å². The predicted octanol–water partition coefficient (Wildman–Crippen LogP) is 9.58. The van der Waals surface area contributed by atoms with Gasteiger partial charge in [-0.2, -0.15) is 0 Å². The number of unbranched alkanes of at least 4 members (excludes halogenated alkanes) is 4. The Kier molecular flexibility index (Phi) is 9.50. The molecule has 0 N–H and O–H groups in total. The summed E-state index contributed by atoms with van der Waals surface area (Å²) in [7, 11) is 0. The zero-order valence-electron chi connectivity index (χ0n) is 19.8. The maximum atomic E-state index is 2.40. The van der Waals surface area contributed by atoms with E-state index in [1.807, 2.05) is 0 Å². The highest BCUT2D eigenvalue weighted by atomic mass is 14.3. The molecular weight excluding hydrogens is 360 g/mol. The lowest BCUT2D eigenvalue weighted by molar-refractivity contribution is 0.293. The van der Waals surface area contributed by atoms with Crippen LogP contribution in [0, 0.1) is 11.8 Å². The molecule has 0 spiro atoms. The molecule has 0 heterocycles. The van der Waals surface area contributed by atoms with Crippen LogP contribution in [0.5, 0.6) is 0 Å². The molecule has 1 aliphatic rings. The van der Waals surface area contributed by atoms with Crippen LogP contribution in [0.25, 0.3) is 11.1 Å². The van der Waals surface area contributed by atoms with Gasteiger partial charge < -0.3 is 0 Å². The molecule has 0 nitrogen and oxygen atoms in total. The second kappa shape index (κ2) is 12.3. The van der Waals surface area contributed by atoms with Crippen molar-refractivity contribution in [1.82, 2.24) is 0 Å². The monoisotopic (exact) mass is 404 g/mol. The van der Waals surface area contributed by atoms with E-state index in [0.717, 1.165) is 17.8 Å². The first-order valence-electron chi connectivity index (χ1n) is 12.8. The van der Waals surface area contributed by atoms with Crippen LogP contribution >= 0.6 is 0 Å². The highest BCUT2D eigenvalue weighted by Gasteiger charge is 2.22. The second-order valence-electron chi connectivity index (χ2n) is 10.2. The third-order valence-corrected chi connectivity index (χ3v) is 7.24.